The number of halogens is 2. The highest BCUT2D eigenvalue weighted by atomic mass is 35.5. The summed E-state index contributed by atoms with van der Waals surface area (Å²) >= 11 is 6.99. The number of rotatable bonds is 5. The minimum Gasteiger partial charge on any atom is -0.446 e. The second-order valence-electron chi connectivity index (χ2n) is 9.46. The largest absolute Gasteiger partial charge is 0.446 e. The number of urea groups is 1. The molecule has 11 nitrogen and oxygen atoms in total. The van der Waals surface area contributed by atoms with E-state index in [0.29, 0.717) is 39.7 Å². The first kappa shape index (κ1) is 24.9. The number of thiazole rings is 1. The lowest BCUT2D eigenvalue weighted by atomic mass is 10.0. The molecule has 2 aliphatic heterocycles. The van der Waals surface area contributed by atoms with Gasteiger partial charge < -0.3 is 19.4 Å². The van der Waals surface area contributed by atoms with Crippen molar-refractivity contribution in [3.05, 3.63) is 22.8 Å². The molecule has 2 N–H and O–H groups in total. The molecule has 36 heavy (non-hydrogen) atoms. The molecule has 2 saturated heterocycles. The summed E-state index contributed by atoms with van der Waals surface area (Å²) in [6.07, 6.45) is 3.23. The van der Waals surface area contributed by atoms with Crippen LogP contribution in [0.5, 0.6) is 0 Å². The molecule has 0 aromatic carbocycles. The van der Waals surface area contributed by atoms with Gasteiger partial charge in [0.2, 0.25) is 5.95 Å². The van der Waals surface area contributed by atoms with E-state index in [1.807, 2.05) is 0 Å². The summed E-state index contributed by atoms with van der Waals surface area (Å²) in [4.78, 5) is 43.3. The smallest absolute Gasteiger partial charge is 0.413 e. The van der Waals surface area contributed by atoms with Gasteiger partial charge in [0.15, 0.2) is 5.13 Å². The zero-order chi connectivity index (χ0) is 25.4. The van der Waals surface area contributed by atoms with E-state index in [2.05, 4.69) is 37.5 Å². The average molecular weight is 539 g/mol. The Hall–Kier alpha value is -2.77. The van der Waals surface area contributed by atoms with Gasteiger partial charge in [0.1, 0.15) is 22.4 Å². The summed E-state index contributed by atoms with van der Waals surface area (Å²) in [5.41, 5.74) is 0. The van der Waals surface area contributed by atoms with Crippen molar-refractivity contribution in [2.75, 3.05) is 49.3 Å². The maximum absolute atomic E-state index is 14.8. The summed E-state index contributed by atoms with van der Waals surface area (Å²) in [6.45, 7) is 1.51. The summed E-state index contributed by atoms with van der Waals surface area (Å²) in [7, 11) is 3.63. The molecule has 0 radical (unpaired) electrons. The van der Waals surface area contributed by atoms with Crippen LogP contribution in [-0.4, -0.2) is 95.0 Å². The van der Waals surface area contributed by atoms with Crippen molar-refractivity contribution in [1.29, 1.82) is 0 Å². The Morgan fingerprint density at radius 3 is 2.81 bits per heavy atom. The number of nitrogens with zero attached hydrogens (tertiary/aromatic N) is 6. The lowest BCUT2D eigenvalue weighted by Gasteiger charge is -2.39. The first-order valence-electron chi connectivity index (χ1n) is 11.8. The second kappa shape index (κ2) is 10.3. The monoisotopic (exact) mass is 538 g/mol. The fourth-order valence-corrected chi connectivity index (χ4v) is 6.01. The Bertz CT molecular complexity index is 1120. The number of anilines is 3. The third-order valence-corrected chi connectivity index (χ3v) is 8.20. The van der Waals surface area contributed by atoms with Crippen LogP contribution in [0, 0.1) is 5.92 Å². The van der Waals surface area contributed by atoms with E-state index in [-0.39, 0.29) is 19.1 Å². The number of hydrogen-bond acceptors (Lipinski definition) is 9. The maximum atomic E-state index is 14.8. The molecule has 5 rings (SSSR count). The molecule has 3 amide bonds. The maximum Gasteiger partial charge on any atom is 0.413 e. The number of nitrogens with one attached hydrogen (secondary N) is 2. The van der Waals surface area contributed by atoms with Gasteiger partial charge in [-0.2, -0.15) is 4.98 Å². The number of alkyl halides is 1. The van der Waals surface area contributed by atoms with Crippen molar-refractivity contribution >= 4 is 52.0 Å². The van der Waals surface area contributed by atoms with Gasteiger partial charge in [-0.15, -0.1) is 0 Å². The Morgan fingerprint density at radius 2 is 2.11 bits per heavy atom. The molecule has 3 fully saturated rings. The standard InChI is InChI=1S/C22H28ClFN8O3S/c1-30-10-12-7-13(30)8-16(12)35-22(34)28-18-3-5-25-19(27-18)32-6-4-14(24)15(11-32)31(2)21(33)29-20-26-9-17(23)36-20/h3,5,9,12-16H,4,6-8,10-11H2,1-2H3,(H,26,29,33)(H,25,27,28,34)/t12-,13-,14+,15-,16+/m0/s1. The molecule has 4 heterocycles. The van der Waals surface area contributed by atoms with E-state index >= 15 is 0 Å². The average Bonchev–Trinajstić information content (AvgIpc) is 3.54. The molecule has 5 atom stereocenters. The van der Waals surface area contributed by atoms with Crippen LogP contribution < -0.4 is 15.5 Å². The Labute approximate surface area is 217 Å². The van der Waals surface area contributed by atoms with Crippen LogP contribution in [0.2, 0.25) is 4.34 Å². The van der Waals surface area contributed by atoms with Crippen LogP contribution in [0.4, 0.5) is 30.9 Å². The highest BCUT2D eigenvalue weighted by Gasteiger charge is 2.45. The number of hydrogen-bond donors (Lipinski definition) is 2. The van der Waals surface area contributed by atoms with E-state index in [4.69, 9.17) is 16.3 Å². The number of likely N-dealkylation sites (N-methyl/N-ethyl adjacent to an activating group) is 1. The number of carbonyl (C=O) groups is 2. The highest BCUT2D eigenvalue weighted by Crippen LogP contribution is 2.38. The zero-order valence-corrected chi connectivity index (χ0v) is 21.5. The van der Waals surface area contributed by atoms with E-state index in [0.717, 1.165) is 30.7 Å². The fourth-order valence-electron chi connectivity index (χ4n) is 5.21. The molecule has 3 aliphatic rings. The number of carbonyl (C=O) groups excluding carboxylic acids is 2. The minimum atomic E-state index is -1.21. The topological polar surface area (TPSA) is 116 Å². The van der Waals surface area contributed by atoms with E-state index in [1.54, 1.807) is 11.0 Å². The number of fused-ring (bicyclic) bond motifs is 2. The predicted molar refractivity (Wildman–Crippen MR) is 134 cm³/mol. The van der Waals surface area contributed by atoms with Gasteiger partial charge in [0, 0.05) is 51.3 Å². The first-order valence-corrected chi connectivity index (χ1v) is 13.0. The van der Waals surface area contributed by atoms with Gasteiger partial charge in [-0.1, -0.05) is 22.9 Å². The Morgan fingerprint density at radius 1 is 1.28 bits per heavy atom. The lowest BCUT2D eigenvalue weighted by Crippen LogP contribution is -2.55. The zero-order valence-electron chi connectivity index (χ0n) is 19.9. The Balaban J connectivity index is 1.19. The summed E-state index contributed by atoms with van der Waals surface area (Å²) < 4.78 is 20.9. The molecule has 2 aromatic rings. The normalized spacial score (nSPS) is 27.7. The van der Waals surface area contributed by atoms with Crippen molar-refractivity contribution in [1.82, 2.24) is 24.8 Å². The molecule has 2 bridgehead atoms. The Kier molecular flexibility index (Phi) is 7.13. The van der Waals surface area contributed by atoms with Crippen molar-refractivity contribution < 1.29 is 18.7 Å². The van der Waals surface area contributed by atoms with Crippen LogP contribution in [0.1, 0.15) is 19.3 Å². The molecule has 0 spiro atoms. The van der Waals surface area contributed by atoms with Crippen LogP contribution >= 0.6 is 22.9 Å². The lowest BCUT2D eigenvalue weighted by molar-refractivity contribution is 0.0585. The first-order chi connectivity index (χ1) is 17.3. The molecule has 14 heteroatoms. The van der Waals surface area contributed by atoms with Gasteiger partial charge in [-0.05, 0) is 26.0 Å². The van der Waals surface area contributed by atoms with Gasteiger partial charge >= 0.3 is 12.1 Å². The highest BCUT2D eigenvalue weighted by molar-refractivity contribution is 7.19. The van der Waals surface area contributed by atoms with Gasteiger partial charge in [-0.3, -0.25) is 10.6 Å². The summed E-state index contributed by atoms with van der Waals surface area (Å²) in [6, 6.07) is 0.846. The number of ether oxygens (including phenoxy) is 1. The molecule has 0 unspecified atom stereocenters. The van der Waals surface area contributed by atoms with Crippen molar-refractivity contribution in [3.8, 4) is 0 Å². The van der Waals surface area contributed by atoms with Crippen LogP contribution in [0.3, 0.4) is 0 Å². The van der Waals surface area contributed by atoms with Crippen molar-refractivity contribution in [3.63, 3.8) is 0 Å². The number of amides is 3. The van der Waals surface area contributed by atoms with Crippen molar-refractivity contribution in [2.24, 2.45) is 5.92 Å². The third-order valence-electron chi connectivity index (χ3n) is 7.17. The van der Waals surface area contributed by atoms with E-state index < -0.39 is 24.3 Å². The second-order valence-corrected chi connectivity index (χ2v) is 11.1. The van der Waals surface area contributed by atoms with Gasteiger partial charge in [0.25, 0.3) is 0 Å². The van der Waals surface area contributed by atoms with E-state index in [1.165, 1.54) is 24.3 Å². The quantitative estimate of drug-likeness (QED) is 0.595. The number of piperidine rings is 2. The van der Waals surface area contributed by atoms with Crippen LogP contribution in [0.25, 0.3) is 0 Å². The molecule has 2 aromatic heterocycles. The molecule has 194 valence electrons. The summed E-state index contributed by atoms with van der Waals surface area (Å²) in [5, 5.41) is 5.67. The van der Waals surface area contributed by atoms with Crippen molar-refractivity contribution in [2.45, 2.75) is 43.6 Å². The van der Waals surface area contributed by atoms with Crippen LogP contribution in [0.15, 0.2) is 18.5 Å². The van der Waals surface area contributed by atoms with Gasteiger partial charge in [-0.25, -0.2) is 23.9 Å². The molecule has 1 aliphatic carbocycles. The number of aromatic nitrogens is 3. The molecular weight excluding hydrogens is 511 g/mol. The predicted octanol–water partition coefficient (Wildman–Crippen LogP) is 3.31. The molecular formula is C22H28ClFN8O3S. The molecule has 1 saturated carbocycles. The minimum absolute atomic E-state index is 0.0843. The van der Waals surface area contributed by atoms with Crippen LogP contribution in [-0.2, 0) is 4.74 Å². The van der Waals surface area contributed by atoms with E-state index in [9.17, 15) is 14.0 Å². The SMILES string of the molecule is CN1C[C@@H]2C[C@H]1C[C@H]2OC(=O)Nc1ccnc(N2CC[C@@H](F)[C@@H](N(C)C(=O)Nc3ncc(Cl)s3)C2)n1. The van der Waals surface area contributed by atoms with Gasteiger partial charge in [0.05, 0.1) is 12.2 Å². The summed E-state index contributed by atoms with van der Waals surface area (Å²) in [5.74, 6) is 1.01. The fraction of sp³-hybridized carbons (Fsp3) is 0.591. The number of likely N-dealkylation sites (tertiary alicyclic amines) is 1. The third kappa shape index (κ3) is 5.32.